The van der Waals surface area contributed by atoms with Crippen molar-refractivity contribution in [2.45, 2.75) is 40.7 Å². The Morgan fingerprint density at radius 3 is 2.74 bits per heavy atom. The van der Waals surface area contributed by atoms with Crippen LogP contribution in [0.25, 0.3) is 10.2 Å². The van der Waals surface area contributed by atoms with Crippen molar-refractivity contribution in [1.29, 1.82) is 0 Å². The van der Waals surface area contributed by atoms with E-state index in [9.17, 15) is 4.79 Å². The molecule has 3 aromatic heterocycles. The van der Waals surface area contributed by atoms with Gasteiger partial charge in [0.15, 0.2) is 0 Å². The number of hydrogen-bond donors (Lipinski definition) is 1. The summed E-state index contributed by atoms with van der Waals surface area (Å²) in [5, 5.41) is 4.54. The molecule has 0 spiro atoms. The average molecular weight is 543 g/mol. The number of nitrogens with zero attached hydrogens (tertiary/aromatic N) is 5. The minimum atomic E-state index is 0.0638. The quantitative estimate of drug-likeness (QED) is 0.259. The number of carbonyl (C=O) groups is 1. The average Bonchev–Trinajstić information content (AvgIpc) is 3.32. The molecule has 0 aliphatic carbocycles. The number of aryl methyl sites for hydroxylation is 2. The van der Waals surface area contributed by atoms with E-state index in [2.05, 4.69) is 45.1 Å². The number of pyridine rings is 1. The van der Waals surface area contributed by atoms with Crippen LogP contribution < -0.4 is 10.1 Å². The summed E-state index contributed by atoms with van der Waals surface area (Å²) in [7, 11) is 0. The number of anilines is 2. The molecule has 0 fully saturated rings. The normalized spacial score (nSPS) is 13.3. The number of rotatable bonds is 9. The fraction of sp³-hybridized carbons (Fsp3) is 0.333. The van der Waals surface area contributed by atoms with E-state index >= 15 is 0 Å². The van der Waals surface area contributed by atoms with Crippen LogP contribution in [0.3, 0.4) is 0 Å². The Kier molecular flexibility index (Phi) is 8.18. The van der Waals surface area contributed by atoms with Gasteiger partial charge in [0.2, 0.25) is 5.91 Å². The van der Waals surface area contributed by atoms with Crippen molar-refractivity contribution in [3.63, 3.8) is 0 Å². The number of fused-ring (bicyclic) bond motifs is 3. The molecule has 0 saturated heterocycles. The van der Waals surface area contributed by atoms with Gasteiger partial charge in [-0.2, -0.15) is 0 Å². The number of hydrogen-bond acceptors (Lipinski definition) is 8. The summed E-state index contributed by atoms with van der Waals surface area (Å²) in [6, 6.07) is 9.84. The summed E-state index contributed by atoms with van der Waals surface area (Å²) in [6.07, 6.45) is 7.80. The Hall–Kier alpha value is -3.82. The molecule has 39 heavy (non-hydrogen) atoms. The lowest BCUT2D eigenvalue weighted by Crippen LogP contribution is -2.34. The fourth-order valence-electron chi connectivity index (χ4n) is 4.72. The number of amides is 1. The molecular weight excluding hydrogens is 508 g/mol. The van der Waals surface area contributed by atoms with Crippen LogP contribution in [0.2, 0.25) is 0 Å². The molecular formula is C30H34N6O2S. The first-order valence-electron chi connectivity index (χ1n) is 13.4. The second-order valence-electron chi connectivity index (χ2n) is 9.65. The molecule has 0 saturated carbocycles. The van der Waals surface area contributed by atoms with Crippen LogP contribution in [0.5, 0.6) is 11.5 Å². The third-order valence-electron chi connectivity index (χ3n) is 7.02. The van der Waals surface area contributed by atoms with Crippen LogP contribution in [0.1, 0.15) is 35.5 Å². The second kappa shape index (κ2) is 11.9. The summed E-state index contributed by atoms with van der Waals surface area (Å²) in [5.41, 5.74) is 4.11. The van der Waals surface area contributed by atoms with Crippen molar-refractivity contribution in [1.82, 2.24) is 24.8 Å². The molecule has 1 aliphatic heterocycles. The molecule has 0 unspecified atom stereocenters. The van der Waals surface area contributed by atoms with E-state index in [1.54, 1.807) is 29.9 Å². The van der Waals surface area contributed by atoms with Gasteiger partial charge in [-0.05, 0) is 74.8 Å². The van der Waals surface area contributed by atoms with Gasteiger partial charge < -0.3 is 19.9 Å². The first kappa shape index (κ1) is 26.8. The van der Waals surface area contributed by atoms with Gasteiger partial charge in [0, 0.05) is 35.4 Å². The maximum atomic E-state index is 12.9. The molecule has 1 N–H and O–H groups in total. The number of nitrogens with one attached hydrogen (secondary N) is 1. The summed E-state index contributed by atoms with van der Waals surface area (Å²) in [5.74, 6) is 2.34. The predicted octanol–water partition coefficient (Wildman–Crippen LogP) is 6.02. The third-order valence-corrected chi connectivity index (χ3v) is 8.14. The minimum Gasteiger partial charge on any atom is -0.455 e. The Labute approximate surface area is 233 Å². The lowest BCUT2D eigenvalue weighted by atomic mass is 10.0. The molecule has 4 heterocycles. The van der Waals surface area contributed by atoms with Crippen LogP contribution in [0.15, 0.2) is 55.0 Å². The molecule has 0 atom stereocenters. The fourth-order valence-corrected chi connectivity index (χ4v) is 5.92. The van der Waals surface area contributed by atoms with Gasteiger partial charge in [-0.25, -0.2) is 9.97 Å². The van der Waals surface area contributed by atoms with Gasteiger partial charge >= 0.3 is 0 Å². The number of likely N-dealkylation sites (N-methyl/N-ethyl adjacent to an activating group) is 1. The smallest absolute Gasteiger partial charge is 0.246 e. The van der Waals surface area contributed by atoms with Crippen LogP contribution in [0, 0.1) is 13.8 Å². The lowest BCUT2D eigenvalue weighted by Gasteiger charge is -2.26. The van der Waals surface area contributed by atoms with E-state index in [4.69, 9.17) is 4.74 Å². The molecule has 202 valence electrons. The highest BCUT2D eigenvalue weighted by Gasteiger charge is 2.25. The number of carbonyl (C=O) groups excluding carboxylic acids is 1. The van der Waals surface area contributed by atoms with Gasteiger partial charge in [-0.15, -0.1) is 11.3 Å². The van der Waals surface area contributed by atoms with Crippen LogP contribution in [-0.4, -0.2) is 56.8 Å². The third kappa shape index (κ3) is 6.10. The van der Waals surface area contributed by atoms with Gasteiger partial charge in [0.05, 0.1) is 18.1 Å². The van der Waals surface area contributed by atoms with Gasteiger partial charge in [0.1, 0.15) is 28.5 Å². The Balaban J connectivity index is 1.31. The zero-order chi connectivity index (χ0) is 27.4. The van der Waals surface area contributed by atoms with E-state index in [0.717, 1.165) is 64.8 Å². The predicted molar refractivity (Wildman–Crippen MR) is 157 cm³/mol. The van der Waals surface area contributed by atoms with Crippen molar-refractivity contribution in [2.75, 3.05) is 31.5 Å². The SMILES string of the molecule is CCN(CC)C/C=C/C(=O)N1CCc2c(sc3ncnc(Nc4ccc(Oc5ccc(C)nc5)c(C)c4)c23)C1. The van der Waals surface area contributed by atoms with E-state index in [-0.39, 0.29) is 5.91 Å². The van der Waals surface area contributed by atoms with Gasteiger partial charge in [0.25, 0.3) is 0 Å². The first-order chi connectivity index (χ1) is 18.9. The summed E-state index contributed by atoms with van der Waals surface area (Å²) >= 11 is 1.65. The Bertz CT molecular complexity index is 1490. The number of aromatic nitrogens is 3. The van der Waals surface area contributed by atoms with Crippen molar-refractivity contribution in [3.8, 4) is 11.5 Å². The maximum absolute atomic E-state index is 12.9. The Morgan fingerprint density at radius 1 is 1.15 bits per heavy atom. The molecule has 1 aromatic carbocycles. The summed E-state index contributed by atoms with van der Waals surface area (Å²) in [4.78, 5) is 32.6. The highest BCUT2D eigenvalue weighted by atomic mass is 32.1. The molecule has 5 rings (SSSR count). The molecule has 0 bridgehead atoms. The zero-order valence-corrected chi connectivity index (χ0v) is 23.7. The zero-order valence-electron chi connectivity index (χ0n) is 22.9. The molecule has 1 amide bonds. The topological polar surface area (TPSA) is 83.5 Å². The van der Waals surface area contributed by atoms with E-state index < -0.39 is 0 Å². The van der Waals surface area contributed by atoms with Crippen LogP contribution >= 0.6 is 11.3 Å². The number of ether oxygens (including phenoxy) is 1. The highest BCUT2D eigenvalue weighted by molar-refractivity contribution is 7.19. The minimum absolute atomic E-state index is 0.0638. The molecule has 4 aromatic rings. The molecule has 8 nitrogen and oxygen atoms in total. The lowest BCUT2D eigenvalue weighted by molar-refractivity contribution is -0.126. The molecule has 0 radical (unpaired) electrons. The van der Waals surface area contributed by atoms with Crippen molar-refractivity contribution in [3.05, 3.63) is 76.7 Å². The van der Waals surface area contributed by atoms with Gasteiger partial charge in [-0.1, -0.05) is 19.9 Å². The summed E-state index contributed by atoms with van der Waals surface area (Å²) in [6.45, 7) is 12.3. The van der Waals surface area contributed by atoms with Crippen LogP contribution in [0.4, 0.5) is 11.5 Å². The number of thiophene rings is 1. The Morgan fingerprint density at radius 2 is 2.00 bits per heavy atom. The van der Waals surface area contributed by atoms with Crippen molar-refractivity contribution >= 4 is 39.0 Å². The largest absolute Gasteiger partial charge is 0.455 e. The molecule has 9 heteroatoms. The van der Waals surface area contributed by atoms with E-state index in [0.29, 0.717) is 18.8 Å². The molecule has 1 aliphatic rings. The van der Waals surface area contributed by atoms with Crippen LogP contribution in [-0.2, 0) is 17.8 Å². The van der Waals surface area contributed by atoms with Gasteiger partial charge in [-0.3, -0.25) is 9.78 Å². The van der Waals surface area contributed by atoms with Crippen molar-refractivity contribution in [2.24, 2.45) is 0 Å². The maximum Gasteiger partial charge on any atom is 0.246 e. The van der Waals surface area contributed by atoms with E-state index in [1.165, 1.54) is 10.4 Å². The standard InChI is InChI=1S/C30H34N6O2S/c1-5-35(6-2)14-7-8-27(37)36-15-13-24-26(18-36)39-30-28(24)29(32-19-33-30)34-22-10-12-25(20(3)16-22)38-23-11-9-21(4)31-17-23/h7-12,16-17,19H,5-6,13-15,18H2,1-4H3,(H,32,33,34)/b8-7+. The van der Waals surface area contributed by atoms with Crippen molar-refractivity contribution < 1.29 is 9.53 Å². The second-order valence-corrected chi connectivity index (χ2v) is 10.7. The highest BCUT2D eigenvalue weighted by Crippen LogP contribution is 2.38. The van der Waals surface area contributed by atoms with E-state index in [1.807, 2.05) is 49.1 Å². The first-order valence-corrected chi connectivity index (χ1v) is 14.2. The number of benzene rings is 1. The summed E-state index contributed by atoms with van der Waals surface area (Å²) < 4.78 is 6.02. The monoisotopic (exact) mass is 542 g/mol.